The van der Waals surface area contributed by atoms with Gasteiger partial charge in [-0.15, -0.1) is 0 Å². The average Bonchev–Trinajstić information content (AvgIpc) is 2.59. The summed E-state index contributed by atoms with van der Waals surface area (Å²) in [6.07, 6.45) is 1.41. The van der Waals surface area contributed by atoms with Crippen LogP contribution in [0.15, 0.2) is 54.6 Å². The lowest BCUT2D eigenvalue weighted by atomic mass is 10.0. The van der Waals surface area contributed by atoms with Gasteiger partial charge in [0.05, 0.1) is 5.56 Å². The summed E-state index contributed by atoms with van der Waals surface area (Å²) in [6.45, 7) is 2.18. The number of hydrogen-bond acceptors (Lipinski definition) is 3. The van der Waals surface area contributed by atoms with E-state index in [9.17, 15) is 13.2 Å². The number of benzene rings is 2. The van der Waals surface area contributed by atoms with E-state index >= 15 is 0 Å². The van der Waals surface area contributed by atoms with Crippen LogP contribution in [0, 0.1) is 0 Å². The Morgan fingerprint density at radius 1 is 1.08 bits per heavy atom. The number of rotatable bonds is 4. The lowest BCUT2D eigenvalue weighted by molar-refractivity contribution is 0.0697. The Bertz CT molecular complexity index is 847. The van der Waals surface area contributed by atoms with E-state index in [1.165, 1.54) is 12.1 Å². The van der Waals surface area contributed by atoms with Crippen molar-refractivity contribution in [2.24, 2.45) is 0 Å². The number of aromatic carboxylic acids is 1. The van der Waals surface area contributed by atoms with E-state index in [2.05, 4.69) is 0 Å². The van der Waals surface area contributed by atoms with Gasteiger partial charge in [-0.25, -0.2) is 13.2 Å². The molecule has 2 atom stereocenters. The third-order valence-electron chi connectivity index (χ3n) is 4.74. The van der Waals surface area contributed by atoms with E-state index in [-0.39, 0.29) is 18.2 Å². The molecular formula is C19H21NO4S. The van der Waals surface area contributed by atoms with Gasteiger partial charge in [0.1, 0.15) is 5.25 Å². The molecule has 2 aromatic rings. The van der Waals surface area contributed by atoms with Crippen LogP contribution in [0.25, 0.3) is 0 Å². The quantitative estimate of drug-likeness (QED) is 0.907. The van der Waals surface area contributed by atoms with Crippen LogP contribution in [0.2, 0.25) is 0 Å². The summed E-state index contributed by atoms with van der Waals surface area (Å²) in [4.78, 5) is 11.0. The first-order chi connectivity index (χ1) is 11.9. The SMILES string of the molecule is CC1CCC(c2ccccc2)S(=O)(=O)N1Cc1ccc(C(=O)O)cc1. The molecule has 0 bridgehead atoms. The Morgan fingerprint density at radius 3 is 2.32 bits per heavy atom. The maximum atomic E-state index is 13.1. The van der Waals surface area contributed by atoms with E-state index in [0.29, 0.717) is 6.42 Å². The number of sulfonamides is 1. The smallest absolute Gasteiger partial charge is 0.335 e. The van der Waals surface area contributed by atoms with Gasteiger partial charge in [0.25, 0.3) is 0 Å². The minimum atomic E-state index is -3.47. The highest BCUT2D eigenvalue weighted by Gasteiger charge is 2.40. The molecule has 1 saturated heterocycles. The zero-order valence-corrected chi connectivity index (χ0v) is 14.8. The molecule has 2 aromatic carbocycles. The van der Waals surface area contributed by atoms with Crippen molar-refractivity contribution in [3.05, 3.63) is 71.3 Å². The molecule has 1 aliphatic heterocycles. The van der Waals surface area contributed by atoms with Crippen LogP contribution in [-0.2, 0) is 16.6 Å². The average molecular weight is 359 g/mol. The van der Waals surface area contributed by atoms with Crippen molar-refractivity contribution >= 4 is 16.0 Å². The molecule has 0 aromatic heterocycles. The largest absolute Gasteiger partial charge is 0.478 e. The van der Waals surface area contributed by atoms with Gasteiger partial charge in [0, 0.05) is 12.6 Å². The first kappa shape index (κ1) is 17.6. The summed E-state index contributed by atoms with van der Waals surface area (Å²) in [7, 11) is -3.47. The molecule has 25 heavy (non-hydrogen) atoms. The Kier molecular flexibility index (Phi) is 4.92. The van der Waals surface area contributed by atoms with Crippen LogP contribution in [0.1, 0.15) is 46.5 Å². The van der Waals surface area contributed by atoms with Crippen molar-refractivity contribution in [2.45, 2.75) is 37.6 Å². The van der Waals surface area contributed by atoms with Gasteiger partial charge in [-0.05, 0) is 43.0 Å². The van der Waals surface area contributed by atoms with Crippen molar-refractivity contribution in [3.8, 4) is 0 Å². The van der Waals surface area contributed by atoms with Gasteiger partial charge in [-0.1, -0.05) is 42.5 Å². The fraction of sp³-hybridized carbons (Fsp3) is 0.316. The second-order valence-corrected chi connectivity index (χ2v) is 8.49. The summed E-state index contributed by atoms with van der Waals surface area (Å²) in [5.41, 5.74) is 1.80. The molecule has 5 nitrogen and oxygen atoms in total. The van der Waals surface area contributed by atoms with Crippen LogP contribution in [0.3, 0.4) is 0 Å². The van der Waals surface area contributed by atoms with Crippen LogP contribution in [0.4, 0.5) is 0 Å². The molecule has 1 heterocycles. The zero-order chi connectivity index (χ0) is 18.0. The molecule has 0 amide bonds. The highest BCUT2D eigenvalue weighted by molar-refractivity contribution is 7.89. The molecule has 6 heteroatoms. The summed E-state index contributed by atoms with van der Waals surface area (Å²) >= 11 is 0. The fourth-order valence-electron chi connectivity index (χ4n) is 3.28. The van der Waals surface area contributed by atoms with Crippen molar-refractivity contribution < 1.29 is 18.3 Å². The minimum absolute atomic E-state index is 0.0795. The van der Waals surface area contributed by atoms with Crippen molar-refractivity contribution in [1.82, 2.24) is 4.31 Å². The summed E-state index contributed by atoms with van der Waals surface area (Å²) in [6, 6.07) is 15.6. The van der Waals surface area contributed by atoms with E-state index < -0.39 is 21.2 Å². The lowest BCUT2D eigenvalue weighted by Gasteiger charge is -2.37. The summed E-state index contributed by atoms with van der Waals surface area (Å²) < 4.78 is 27.8. The second-order valence-electron chi connectivity index (χ2n) is 6.42. The van der Waals surface area contributed by atoms with E-state index in [1.54, 1.807) is 16.4 Å². The Hall–Kier alpha value is -2.18. The standard InChI is InChI=1S/C19H21NO4S/c1-14-7-12-18(16-5-3-2-4-6-16)25(23,24)20(14)13-15-8-10-17(11-9-15)19(21)22/h2-6,8-11,14,18H,7,12-13H2,1H3,(H,21,22). The van der Waals surface area contributed by atoms with Gasteiger partial charge in [-0.2, -0.15) is 4.31 Å². The monoisotopic (exact) mass is 359 g/mol. The number of carbonyl (C=O) groups is 1. The number of carboxylic acids is 1. The lowest BCUT2D eigenvalue weighted by Crippen LogP contribution is -2.44. The first-order valence-corrected chi connectivity index (χ1v) is 9.78. The third-order valence-corrected chi connectivity index (χ3v) is 7.11. The Labute approximate surface area is 148 Å². The predicted octanol–water partition coefficient (Wildman–Crippen LogP) is 3.44. The highest BCUT2D eigenvalue weighted by Crippen LogP contribution is 2.37. The molecule has 1 aliphatic rings. The predicted molar refractivity (Wildman–Crippen MR) is 95.7 cm³/mol. The Morgan fingerprint density at radius 2 is 1.72 bits per heavy atom. The van der Waals surface area contributed by atoms with E-state index in [1.807, 2.05) is 37.3 Å². The first-order valence-electron chi connectivity index (χ1n) is 8.27. The van der Waals surface area contributed by atoms with E-state index in [4.69, 9.17) is 5.11 Å². The van der Waals surface area contributed by atoms with Crippen molar-refractivity contribution in [3.63, 3.8) is 0 Å². The molecule has 0 radical (unpaired) electrons. The second kappa shape index (κ2) is 6.98. The Balaban J connectivity index is 1.87. The topological polar surface area (TPSA) is 74.7 Å². The molecular weight excluding hydrogens is 338 g/mol. The normalized spacial score (nSPS) is 23.2. The molecule has 0 aliphatic carbocycles. The van der Waals surface area contributed by atoms with Crippen molar-refractivity contribution in [1.29, 1.82) is 0 Å². The van der Waals surface area contributed by atoms with Crippen molar-refractivity contribution in [2.75, 3.05) is 0 Å². The van der Waals surface area contributed by atoms with Gasteiger partial charge in [0.15, 0.2) is 0 Å². The molecule has 132 valence electrons. The molecule has 3 rings (SSSR count). The number of hydrogen-bond donors (Lipinski definition) is 1. The number of nitrogens with zero attached hydrogens (tertiary/aromatic N) is 1. The van der Waals surface area contributed by atoms with Crippen LogP contribution in [-0.4, -0.2) is 29.8 Å². The maximum absolute atomic E-state index is 13.1. The van der Waals surface area contributed by atoms with Gasteiger partial charge >= 0.3 is 5.97 Å². The van der Waals surface area contributed by atoms with Crippen LogP contribution in [0.5, 0.6) is 0 Å². The third kappa shape index (κ3) is 3.60. The summed E-state index contributed by atoms with van der Waals surface area (Å²) in [5.74, 6) is -0.991. The maximum Gasteiger partial charge on any atom is 0.335 e. The van der Waals surface area contributed by atoms with Gasteiger partial charge < -0.3 is 5.11 Å². The van der Waals surface area contributed by atoms with Crippen LogP contribution >= 0.6 is 0 Å². The molecule has 1 fully saturated rings. The summed E-state index contributed by atoms with van der Waals surface area (Å²) in [5, 5.41) is 8.45. The van der Waals surface area contributed by atoms with Gasteiger partial charge in [-0.3, -0.25) is 0 Å². The minimum Gasteiger partial charge on any atom is -0.478 e. The molecule has 1 N–H and O–H groups in total. The van der Waals surface area contributed by atoms with Gasteiger partial charge in [0.2, 0.25) is 10.0 Å². The van der Waals surface area contributed by atoms with Crippen LogP contribution < -0.4 is 0 Å². The highest BCUT2D eigenvalue weighted by atomic mass is 32.2. The molecule has 0 saturated carbocycles. The molecule has 2 unspecified atom stereocenters. The zero-order valence-electron chi connectivity index (χ0n) is 14.0. The fourth-order valence-corrected chi connectivity index (χ4v) is 5.48. The number of carboxylic acid groups (broad SMARTS) is 1. The van der Waals surface area contributed by atoms with E-state index in [0.717, 1.165) is 17.5 Å². The molecule has 0 spiro atoms.